The maximum absolute atomic E-state index is 12.4. The number of amides is 1. The van der Waals surface area contributed by atoms with Crippen LogP contribution in [0.3, 0.4) is 0 Å². The molecule has 1 N–H and O–H groups in total. The predicted octanol–water partition coefficient (Wildman–Crippen LogP) is 3.94. The minimum Gasteiger partial charge on any atom is -0.497 e. The highest BCUT2D eigenvalue weighted by molar-refractivity contribution is 7.99. The number of benzene rings is 2. The van der Waals surface area contributed by atoms with E-state index in [2.05, 4.69) is 15.5 Å². The van der Waals surface area contributed by atoms with E-state index in [1.54, 1.807) is 67.3 Å². The predicted molar refractivity (Wildman–Crippen MR) is 116 cm³/mol. The summed E-state index contributed by atoms with van der Waals surface area (Å²) in [6.07, 6.45) is 0. The second-order valence-corrected chi connectivity index (χ2v) is 7.92. The highest BCUT2D eigenvalue weighted by atomic mass is 35.5. The zero-order chi connectivity index (χ0) is 21.7. The maximum atomic E-state index is 12.4. The van der Waals surface area contributed by atoms with Gasteiger partial charge in [0, 0.05) is 23.2 Å². The molecule has 9 heteroatoms. The van der Waals surface area contributed by atoms with Gasteiger partial charge in [-0.1, -0.05) is 23.4 Å². The Morgan fingerprint density at radius 2 is 1.73 bits per heavy atom. The number of aromatic nitrogens is 3. The molecule has 3 aromatic rings. The van der Waals surface area contributed by atoms with Gasteiger partial charge in [0.05, 0.1) is 18.9 Å². The zero-order valence-electron chi connectivity index (χ0n) is 16.8. The lowest BCUT2D eigenvalue weighted by molar-refractivity contribution is 0.0937. The average Bonchev–Trinajstić information content (AvgIpc) is 3.12. The molecule has 1 atom stereocenters. The number of methoxy groups -OCH3 is 1. The molecule has 1 amide bonds. The van der Waals surface area contributed by atoms with Gasteiger partial charge in [0.1, 0.15) is 5.75 Å². The van der Waals surface area contributed by atoms with Gasteiger partial charge in [-0.15, -0.1) is 10.2 Å². The lowest BCUT2D eigenvalue weighted by atomic mass is 10.1. The Kier molecular flexibility index (Phi) is 7.12. The first-order valence-electron chi connectivity index (χ1n) is 9.15. The van der Waals surface area contributed by atoms with Crippen molar-refractivity contribution >= 4 is 35.1 Å². The molecule has 1 aromatic heterocycles. The Labute approximate surface area is 183 Å². The van der Waals surface area contributed by atoms with E-state index in [9.17, 15) is 9.59 Å². The molecular formula is C21H21ClN4O3S. The molecule has 7 nitrogen and oxygen atoms in total. The summed E-state index contributed by atoms with van der Waals surface area (Å²) in [5, 5.41) is 12.4. The number of ether oxygens (including phenoxy) is 1. The van der Waals surface area contributed by atoms with Crippen LogP contribution in [-0.4, -0.2) is 39.3 Å². The molecule has 0 fully saturated rings. The van der Waals surface area contributed by atoms with Crippen LogP contribution in [0.5, 0.6) is 5.75 Å². The summed E-state index contributed by atoms with van der Waals surface area (Å²) in [6, 6.07) is 13.3. The standard InChI is InChI=1S/C21H21ClN4O3S/c1-13(23-20(28)15-4-8-16(22)9-5-15)19-24-25-21(26(19)2)30-12-18(27)14-6-10-17(29-3)11-7-14/h4-11,13H,12H2,1-3H3,(H,23,28)/t13-/m1/s1. The first-order valence-corrected chi connectivity index (χ1v) is 10.5. The Balaban J connectivity index is 1.61. The normalized spacial score (nSPS) is 11.7. The summed E-state index contributed by atoms with van der Waals surface area (Å²) < 4.78 is 6.88. The van der Waals surface area contributed by atoms with Crippen molar-refractivity contribution in [3.8, 4) is 5.75 Å². The van der Waals surface area contributed by atoms with Crippen LogP contribution in [0, 0.1) is 0 Å². The third-order valence-electron chi connectivity index (χ3n) is 4.45. The number of nitrogens with one attached hydrogen (secondary N) is 1. The molecule has 0 aliphatic rings. The Hall–Kier alpha value is -2.84. The minimum absolute atomic E-state index is 0.0173. The van der Waals surface area contributed by atoms with Crippen LogP contribution in [0.1, 0.15) is 39.5 Å². The van der Waals surface area contributed by atoms with Gasteiger partial charge in [0.25, 0.3) is 5.91 Å². The second kappa shape index (κ2) is 9.77. The smallest absolute Gasteiger partial charge is 0.251 e. The van der Waals surface area contributed by atoms with E-state index in [0.717, 1.165) is 0 Å². The molecule has 156 valence electrons. The molecule has 1 heterocycles. The maximum Gasteiger partial charge on any atom is 0.251 e. The molecule has 0 spiro atoms. The number of hydrogen-bond donors (Lipinski definition) is 1. The van der Waals surface area contributed by atoms with Crippen molar-refractivity contribution in [1.29, 1.82) is 0 Å². The van der Waals surface area contributed by atoms with Gasteiger partial charge in [0.15, 0.2) is 16.8 Å². The van der Waals surface area contributed by atoms with E-state index in [1.165, 1.54) is 11.8 Å². The Morgan fingerprint density at radius 1 is 1.10 bits per heavy atom. The van der Waals surface area contributed by atoms with Gasteiger partial charge >= 0.3 is 0 Å². The fourth-order valence-electron chi connectivity index (χ4n) is 2.77. The number of ketones is 1. The largest absolute Gasteiger partial charge is 0.497 e. The number of carbonyl (C=O) groups excluding carboxylic acids is 2. The Morgan fingerprint density at radius 3 is 2.37 bits per heavy atom. The Bertz CT molecular complexity index is 1040. The number of halogens is 1. The monoisotopic (exact) mass is 444 g/mol. The summed E-state index contributed by atoms with van der Waals surface area (Å²) in [4.78, 5) is 24.8. The summed E-state index contributed by atoms with van der Waals surface area (Å²) in [5.74, 6) is 1.27. The van der Waals surface area contributed by atoms with Gasteiger partial charge < -0.3 is 14.6 Å². The van der Waals surface area contributed by atoms with E-state index in [1.807, 2.05) is 6.92 Å². The lowest BCUT2D eigenvalue weighted by Gasteiger charge is -2.13. The second-order valence-electron chi connectivity index (χ2n) is 6.54. The van der Waals surface area contributed by atoms with E-state index in [4.69, 9.17) is 16.3 Å². The number of rotatable bonds is 8. The van der Waals surface area contributed by atoms with Crippen LogP contribution in [0.25, 0.3) is 0 Å². The third kappa shape index (κ3) is 5.20. The van der Waals surface area contributed by atoms with Crippen molar-refractivity contribution in [3.63, 3.8) is 0 Å². The van der Waals surface area contributed by atoms with Crippen molar-refractivity contribution in [2.75, 3.05) is 12.9 Å². The van der Waals surface area contributed by atoms with Gasteiger partial charge in [-0.2, -0.15) is 0 Å². The number of hydrogen-bond acceptors (Lipinski definition) is 6. The number of Topliss-reactive ketones (excluding diaryl/α,β-unsaturated/α-hetero) is 1. The van der Waals surface area contributed by atoms with Crippen LogP contribution < -0.4 is 10.1 Å². The highest BCUT2D eigenvalue weighted by Gasteiger charge is 2.19. The molecule has 0 unspecified atom stereocenters. The number of thioether (sulfide) groups is 1. The van der Waals surface area contributed by atoms with E-state index >= 15 is 0 Å². The quantitative estimate of drug-likeness (QED) is 0.418. The summed E-state index contributed by atoms with van der Waals surface area (Å²) >= 11 is 7.16. The van der Waals surface area contributed by atoms with Crippen molar-refractivity contribution in [2.45, 2.75) is 18.1 Å². The van der Waals surface area contributed by atoms with Crippen LogP contribution in [-0.2, 0) is 7.05 Å². The molecule has 0 saturated carbocycles. The van der Waals surface area contributed by atoms with Gasteiger partial charge in [-0.05, 0) is 55.5 Å². The van der Waals surface area contributed by atoms with Crippen LogP contribution in [0.15, 0.2) is 53.7 Å². The van der Waals surface area contributed by atoms with Crippen LogP contribution in [0.2, 0.25) is 5.02 Å². The number of nitrogens with zero attached hydrogens (tertiary/aromatic N) is 3. The highest BCUT2D eigenvalue weighted by Crippen LogP contribution is 2.21. The summed E-state index contributed by atoms with van der Waals surface area (Å²) in [6.45, 7) is 1.83. The van der Waals surface area contributed by atoms with Crippen molar-refractivity contribution in [1.82, 2.24) is 20.1 Å². The topological polar surface area (TPSA) is 86.1 Å². The van der Waals surface area contributed by atoms with E-state index in [-0.39, 0.29) is 23.5 Å². The van der Waals surface area contributed by atoms with Crippen molar-refractivity contribution in [3.05, 3.63) is 70.5 Å². The zero-order valence-corrected chi connectivity index (χ0v) is 18.3. The molecule has 0 aliphatic heterocycles. The summed E-state index contributed by atoms with van der Waals surface area (Å²) in [7, 11) is 3.39. The third-order valence-corrected chi connectivity index (χ3v) is 5.73. The average molecular weight is 445 g/mol. The molecule has 0 bridgehead atoms. The van der Waals surface area contributed by atoms with Crippen molar-refractivity contribution < 1.29 is 14.3 Å². The molecule has 0 radical (unpaired) electrons. The first-order chi connectivity index (χ1) is 14.4. The van der Waals surface area contributed by atoms with Gasteiger partial charge in [0.2, 0.25) is 0 Å². The molecule has 2 aromatic carbocycles. The SMILES string of the molecule is COc1ccc(C(=O)CSc2nnc([C@@H](C)NC(=O)c3ccc(Cl)cc3)n2C)cc1. The van der Waals surface area contributed by atoms with Crippen molar-refractivity contribution in [2.24, 2.45) is 7.05 Å². The van der Waals surface area contributed by atoms with Crippen LogP contribution in [0.4, 0.5) is 0 Å². The first kappa shape index (κ1) is 21.9. The molecule has 0 aliphatic carbocycles. The fourth-order valence-corrected chi connectivity index (χ4v) is 3.70. The molecular weight excluding hydrogens is 424 g/mol. The molecule has 3 rings (SSSR count). The van der Waals surface area contributed by atoms with E-state index in [0.29, 0.717) is 32.9 Å². The molecule has 0 saturated heterocycles. The van der Waals surface area contributed by atoms with Gasteiger partial charge in [-0.25, -0.2) is 0 Å². The lowest BCUT2D eigenvalue weighted by Crippen LogP contribution is -2.28. The minimum atomic E-state index is -0.364. The van der Waals surface area contributed by atoms with Crippen LogP contribution >= 0.6 is 23.4 Å². The summed E-state index contributed by atoms with van der Waals surface area (Å²) in [5.41, 5.74) is 1.11. The number of carbonyl (C=O) groups is 2. The molecule has 30 heavy (non-hydrogen) atoms. The fraction of sp³-hybridized carbons (Fsp3) is 0.238. The van der Waals surface area contributed by atoms with Gasteiger partial charge in [-0.3, -0.25) is 9.59 Å². The van der Waals surface area contributed by atoms with E-state index < -0.39 is 0 Å².